The fraction of sp³-hybridized carbons (Fsp3) is 1.00. The molecule has 0 spiro atoms. The van der Waals surface area contributed by atoms with E-state index in [2.05, 4.69) is 77.6 Å². The molecule has 9 heavy (non-hydrogen) atoms. The zero-order valence-electron chi connectivity index (χ0n) is 5.22. The van der Waals surface area contributed by atoms with Crippen LogP contribution < -0.4 is 0 Å². The summed E-state index contributed by atoms with van der Waals surface area (Å²) in [5.41, 5.74) is 0. The molecule has 0 aliphatic rings. The van der Waals surface area contributed by atoms with E-state index in [0.717, 1.165) is 5.33 Å². The van der Waals surface area contributed by atoms with Gasteiger partial charge in [-0.15, -0.1) is 0 Å². The van der Waals surface area contributed by atoms with Gasteiger partial charge in [0.2, 0.25) is 0 Å². The molecular weight excluding hydrogens is 380 g/mol. The van der Waals surface area contributed by atoms with Crippen LogP contribution in [0.4, 0.5) is 0 Å². The van der Waals surface area contributed by atoms with Gasteiger partial charge in [-0.2, -0.15) is 0 Å². The number of hydrogen-bond donors (Lipinski definition) is 0. The van der Waals surface area contributed by atoms with Gasteiger partial charge < -0.3 is 0 Å². The summed E-state index contributed by atoms with van der Waals surface area (Å²) in [4.78, 5) is 0. The van der Waals surface area contributed by atoms with Gasteiger partial charge in [0.25, 0.3) is 0 Å². The lowest BCUT2D eigenvalue weighted by molar-refractivity contribution is 0.706. The Labute approximate surface area is 89.7 Å². The second-order valence-electron chi connectivity index (χ2n) is 2.31. The van der Waals surface area contributed by atoms with Crippen molar-refractivity contribution in [3.05, 3.63) is 0 Å². The molecule has 0 nitrogen and oxygen atoms in total. The summed E-state index contributed by atoms with van der Waals surface area (Å²) in [6.07, 6.45) is 0. The molecule has 0 amide bonds. The third-order valence-corrected chi connectivity index (χ3v) is 7.67. The van der Waals surface area contributed by atoms with Gasteiger partial charge in [-0.05, 0) is 13.8 Å². The lowest BCUT2D eigenvalue weighted by Crippen LogP contribution is -2.35. The van der Waals surface area contributed by atoms with Crippen LogP contribution in [0.3, 0.4) is 0 Å². The summed E-state index contributed by atoms with van der Waals surface area (Å²) >= 11 is 14.0. The molecule has 0 radical (unpaired) electrons. The minimum atomic E-state index is -0.0625. The Balaban J connectivity index is 4.14. The van der Waals surface area contributed by atoms with E-state index in [9.17, 15) is 0 Å². The van der Waals surface area contributed by atoms with Gasteiger partial charge >= 0.3 is 0 Å². The molecule has 4 heteroatoms. The maximum absolute atomic E-state index is 3.54. The summed E-state index contributed by atoms with van der Waals surface area (Å²) in [5.74, 6) is 0. The topological polar surface area (TPSA) is 0 Å². The van der Waals surface area contributed by atoms with Crippen molar-refractivity contribution >= 4 is 63.7 Å². The van der Waals surface area contributed by atoms with Crippen LogP contribution in [0, 0.1) is 0 Å². The Morgan fingerprint density at radius 1 is 1.11 bits per heavy atom. The van der Waals surface area contributed by atoms with Gasteiger partial charge in [-0.1, -0.05) is 63.7 Å². The van der Waals surface area contributed by atoms with Gasteiger partial charge in [-0.3, -0.25) is 0 Å². The van der Waals surface area contributed by atoms with Gasteiger partial charge in [0.15, 0.2) is 0 Å². The molecular formula is C5H8Br4. The average molecular weight is 388 g/mol. The second-order valence-corrected chi connectivity index (χ2v) is 8.63. The lowest BCUT2D eigenvalue weighted by Gasteiger charge is -2.30. The van der Waals surface area contributed by atoms with Gasteiger partial charge in [-0.25, -0.2) is 0 Å². The van der Waals surface area contributed by atoms with Crippen molar-refractivity contribution in [3.63, 3.8) is 0 Å². The van der Waals surface area contributed by atoms with Crippen LogP contribution in [0.15, 0.2) is 0 Å². The summed E-state index contributed by atoms with van der Waals surface area (Å²) in [5, 5.41) is 0.859. The Morgan fingerprint density at radius 2 is 1.44 bits per heavy atom. The highest BCUT2D eigenvalue weighted by molar-refractivity contribution is 9.27. The molecule has 0 aliphatic carbocycles. The van der Waals surface area contributed by atoms with Crippen molar-refractivity contribution in [3.8, 4) is 0 Å². The molecule has 0 bridgehead atoms. The van der Waals surface area contributed by atoms with Crippen LogP contribution in [-0.2, 0) is 0 Å². The number of halogens is 4. The summed E-state index contributed by atoms with van der Waals surface area (Å²) in [6, 6.07) is 0. The predicted octanol–water partition coefficient (Wildman–Crippen LogP) is 4.04. The lowest BCUT2D eigenvalue weighted by atomic mass is 10.1. The zero-order chi connectivity index (χ0) is 7.71. The first-order valence-electron chi connectivity index (χ1n) is 2.44. The molecule has 0 fully saturated rings. The first kappa shape index (κ1) is 10.9. The Hall–Kier alpha value is 1.92. The van der Waals surface area contributed by atoms with E-state index in [-0.39, 0.29) is 7.56 Å². The fourth-order valence-corrected chi connectivity index (χ4v) is 1.38. The fourth-order valence-electron chi connectivity index (χ4n) is 0.159. The number of alkyl halides is 4. The molecule has 0 atom stereocenters. The molecule has 0 aromatic rings. The summed E-state index contributed by atoms with van der Waals surface area (Å²) in [6.45, 7) is 4.19. The van der Waals surface area contributed by atoms with Crippen molar-refractivity contribution in [1.82, 2.24) is 0 Å². The Morgan fingerprint density at radius 3 is 1.44 bits per heavy atom. The molecule has 56 valence electrons. The smallest absolute Gasteiger partial charge is 0.0903 e. The monoisotopic (exact) mass is 384 g/mol. The predicted molar refractivity (Wildman–Crippen MR) is 57.4 cm³/mol. The standard InChI is InChI=1S/C5H8Br4/c1-4(2,7)5(8,9)3-6/h3H2,1-2H3. The maximum atomic E-state index is 3.54. The van der Waals surface area contributed by atoms with Gasteiger partial charge in [0.05, 0.1) is 0 Å². The van der Waals surface area contributed by atoms with Crippen LogP contribution in [0.5, 0.6) is 0 Å². The van der Waals surface area contributed by atoms with E-state index >= 15 is 0 Å². The first-order chi connectivity index (χ1) is 3.81. The van der Waals surface area contributed by atoms with Crippen LogP contribution in [0.2, 0.25) is 0 Å². The van der Waals surface area contributed by atoms with E-state index in [1.54, 1.807) is 0 Å². The van der Waals surface area contributed by atoms with Crippen molar-refractivity contribution in [2.24, 2.45) is 0 Å². The Bertz CT molecular complexity index is 91.6. The SMILES string of the molecule is CC(C)(Br)C(Br)(Br)CBr. The van der Waals surface area contributed by atoms with Crippen LogP contribution >= 0.6 is 63.7 Å². The largest absolute Gasteiger partial charge is 0.105 e. The summed E-state index contributed by atoms with van der Waals surface area (Å²) in [7, 11) is 0. The summed E-state index contributed by atoms with van der Waals surface area (Å²) < 4.78 is -0.0174. The highest BCUT2D eigenvalue weighted by Gasteiger charge is 2.37. The molecule has 0 aromatic carbocycles. The van der Waals surface area contributed by atoms with E-state index < -0.39 is 0 Å². The Kier molecular flexibility index (Phi) is 4.30. The zero-order valence-corrected chi connectivity index (χ0v) is 11.6. The van der Waals surface area contributed by atoms with Crippen molar-refractivity contribution < 1.29 is 0 Å². The van der Waals surface area contributed by atoms with Crippen molar-refractivity contribution in [2.45, 2.75) is 21.4 Å². The molecule has 0 aliphatic heterocycles. The van der Waals surface area contributed by atoms with Crippen LogP contribution in [0.1, 0.15) is 13.8 Å². The quantitative estimate of drug-likeness (QED) is 0.627. The highest BCUT2D eigenvalue weighted by Crippen LogP contribution is 2.44. The molecule has 0 saturated carbocycles. The molecule has 0 saturated heterocycles. The van der Waals surface area contributed by atoms with E-state index in [1.807, 2.05) is 0 Å². The molecule has 0 unspecified atom stereocenters. The third-order valence-electron chi connectivity index (χ3n) is 1.04. The van der Waals surface area contributed by atoms with Gasteiger partial charge in [0.1, 0.15) is 3.23 Å². The van der Waals surface area contributed by atoms with Crippen LogP contribution in [0.25, 0.3) is 0 Å². The van der Waals surface area contributed by atoms with E-state index in [0.29, 0.717) is 0 Å². The first-order valence-corrected chi connectivity index (χ1v) is 5.94. The van der Waals surface area contributed by atoms with Crippen molar-refractivity contribution in [1.29, 1.82) is 0 Å². The molecule has 0 heterocycles. The van der Waals surface area contributed by atoms with E-state index in [4.69, 9.17) is 0 Å². The van der Waals surface area contributed by atoms with E-state index in [1.165, 1.54) is 0 Å². The van der Waals surface area contributed by atoms with Crippen molar-refractivity contribution in [2.75, 3.05) is 5.33 Å². The minimum Gasteiger partial charge on any atom is -0.0903 e. The molecule has 0 rings (SSSR count). The molecule has 0 N–H and O–H groups in total. The molecule has 0 aromatic heterocycles. The minimum absolute atomic E-state index is 0.0451. The normalized spacial score (nSPS) is 14.0. The maximum Gasteiger partial charge on any atom is 0.105 e. The number of rotatable bonds is 2. The van der Waals surface area contributed by atoms with Crippen LogP contribution in [-0.4, -0.2) is 12.9 Å². The number of hydrogen-bond acceptors (Lipinski definition) is 0. The average Bonchev–Trinajstić information content (AvgIpc) is 1.64. The second kappa shape index (κ2) is 3.55. The van der Waals surface area contributed by atoms with Gasteiger partial charge in [0, 0.05) is 9.65 Å². The third kappa shape index (κ3) is 3.21. The highest BCUT2D eigenvalue weighted by atomic mass is 79.9.